The topological polar surface area (TPSA) is 38.3 Å². The van der Waals surface area contributed by atoms with Crippen LogP contribution in [-0.4, -0.2) is 12.0 Å². The molecular weight excluding hydrogens is 385 g/mol. The van der Waals surface area contributed by atoms with E-state index in [2.05, 4.69) is 21.2 Å². The minimum absolute atomic E-state index is 0.108. The Morgan fingerprint density at radius 1 is 1.26 bits per heavy atom. The van der Waals surface area contributed by atoms with E-state index in [0.717, 1.165) is 11.1 Å². The van der Waals surface area contributed by atoms with Gasteiger partial charge in [-0.15, -0.1) is 0 Å². The van der Waals surface area contributed by atoms with Crippen molar-refractivity contribution in [2.24, 2.45) is 0 Å². The van der Waals surface area contributed by atoms with Crippen LogP contribution in [0.25, 0.3) is 0 Å². The standard InChI is InChI=1S/C17H16BrClFNO2/c1-9-6-13(7-10(2)16(9)19)23-11(3)17(22)21-15-5-4-12(18)8-14(15)20/h4-8,11H,1-3H3,(H,21,22)/t11-/m0/s1. The van der Waals surface area contributed by atoms with Crippen molar-refractivity contribution in [1.29, 1.82) is 0 Å². The lowest BCUT2D eigenvalue weighted by Crippen LogP contribution is -2.30. The first kappa shape index (κ1) is 17.8. The van der Waals surface area contributed by atoms with Crippen molar-refractivity contribution < 1.29 is 13.9 Å². The molecule has 3 nitrogen and oxygen atoms in total. The van der Waals surface area contributed by atoms with Crippen LogP contribution in [0, 0.1) is 19.7 Å². The largest absolute Gasteiger partial charge is 0.481 e. The zero-order valence-electron chi connectivity index (χ0n) is 12.9. The first-order chi connectivity index (χ1) is 10.8. The summed E-state index contributed by atoms with van der Waals surface area (Å²) in [5.74, 6) is -0.405. The van der Waals surface area contributed by atoms with E-state index in [1.165, 1.54) is 12.1 Å². The van der Waals surface area contributed by atoms with E-state index >= 15 is 0 Å². The molecule has 2 aromatic carbocycles. The molecule has 0 bridgehead atoms. The average molecular weight is 401 g/mol. The van der Waals surface area contributed by atoms with Gasteiger partial charge < -0.3 is 10.1 Å². The van der Waals surface area contributed by atoms with Gasteiger partial charge in [-0.25, -0.2) is 4.39 Å². The maximum Gasteiger partial charge on any atom is 0.265 e. The summed E-state index contributed by atoms with van der Waals surface area (Å²) in [4.78, 5) is 12.2. The molecule has 0 aliphatic rings. The van der Waals surface area contributed by atoms with Gasteiger partial charge >= 0.3 is 0 Å². The number of carbonyl (C=O) groups is 1. The summed E-state index contributed by atoms with van der Waals surface area (Å²) in [5.41, 5.74) is 1.85. The molecule has 2 rings (SSSR count). The Balaban J connectivity index is 2.08. The number of hydrogen-bond donors (Lipinski definition) is 1. The Labute approximate surface area is 147 Å². The molecule has 0 saturated heterocycles. The molecule has 0 aromatic heterocycles. The zero-order valence-corrected chi connectivity index (χ0v) is 15.3. The van der Waals surface area contributed by atoms with Gasteiger partial charge in [0.2, 0.25) is 0 Å². The van der Waals surface area contributed by atoms with Crippen molar-refractivity contribution in [2.75, 3.05) is 5.32 Å². The molecule has 0 saturated carbocycles. The van der Waals surface area contributed by atoms with Crippen LogP contribution in [-0.2, 0) is 4.79 Å². The summed E-state index contributed by atoms with van der Waals surface area (Å²) in [5, 5.41) is 3.18. The predicted octanol–water partition coefficient (Wildman–Crippen LogP) is 5.26. The molecule has 2 aromatic rings. The Bertz CT molecular complexity index is 728. The summed E-state index contributed by atoms with van der Waals surface area (Å²) < 4.78 is 20.0. The predicted molar refractivity (Wildman–Crippen MR) is 93.7 cm³/mol. The van der Waals surface area contributed by atoms with Crippen LogP contribution < -0.4 is 10.1 Å². The number of amides is 1. The smallest absolute Gasteiger partial charge is 0.265 e. The van der Waals surface area contributed by atoms with Crippen molar-refractivity contribution in [3.8, 4) is 5.75 Å². The number of rotatable bonds is 4. The lowest BCUT2D eigenvalue weighted by atomic mass is 10.1. The van der Waals surface area contributed by atoms with Crippen LogP contribution in [0.4, 0.5) is 10.1 Å². The van der Waals surface area contributed by atoms with Crippen LogP contribution in [0.2, 0.25) is 5.02 Å². The van der Waals surface area contributed by atoms with E-state index in [-0.39, 0.29) is 5.69 Å². The fraction of sp³-hybridized carbons (Fsp3) is 0.235. The molecule has 1 atom stereocenters. The van der Waals surface area contributed by atoms with Crippen LogP contribution >= 0.6 is 27.5 Å². The van der Waals surface area contributed by atoms with E-state index in [1.807, 2.05) is 13.8 Å². The second-order valence-corrected chi connectivity index (χ2v) is 6.54. The fourth-order valence-electron chi connectivity index (χ4n) is 2.06. The van der Waals surface area contributed by atoms with Crippen LogP contribution in [0.3, 0.4) is 0 Å². The highest BCUT2D eigenvalue weighted by Gasteiger charge is 2.17. The molecule has 0 heterocycles. The summed E-state index contributed by atoms with van der Waals surface area (Å²) in [6.45, 7) is 5.33. The van der Waals surface area contributed by atoms with E-state index < -0.39 is 17.8 Å². The molecule has 0 aliphatic carbocycles. The lowest BCUT2D eigenvalue weighted by Gasteiger charge is -2.16. The van der Waals surface area contributed by atoms with E-state index in [1.54, 1.807) is 25.1 Å². The summed E-state index contributed by atoms with van der Waals surface area (Å²) in [6, 6.07) is 7.95. The molecule has 1 N–H and O–H groups in total. The molecule has 0 aliphatic heterocycles. The minimum Gasteiger partial charge on any atom is -0.481 e. The third kappa shape index (κ3) is 4.45. The van der Waals surface area contributed by atoms with Gasteiger partial charge in [0.15, 0.2) is 6.10 Å². The van der Waals surface area contributed by atoms with Gasteiger partial charge in [0, 0.05) is 9.50 Å². The third-order valence-electron chi connectivity index (χ3n) is 3.28. The van der Waals surface area contributed by atoms with Crippen LogP contribution in [0.1, 0.15) is 18.1 Å². The van der Waals surface area contributed by atoms with Gasteiger partial charge in [0.1, 0.15) is 11.6 Å². The number of aryl methyl sites for hydroxylation is 2. The molecule has 6 heteroatoms. The maximum atomic E-state index is 13.8. The second-order valence-electron chi connectivity index (χ2n) is 5.24. The highest BCUT2D eigenvalue weighted by molar-refractivity contribution is 9.10. The molecule has 0 spiro atoms. The number of ether oxygens (including phenoxy) is 1. The third-order valence-corrected chi connectivity index (χ3v) is 4.37. The maximum absolute atomic E-state index is 13.8. The number of benzene rings is 2. The van der Waals surface area contributed by atoms with E-state index in [4.69, 9.17) is 16.3 Å². The second kappa shape index (κ2) is 7.32. The number of halogens is 3. The molecule has 1 amide bonds. The van der Waals surface area contributed by atoms with Gasteiger partial charge in [-0.05, 0) is 62.2 Å². The van der Waals surface area contributed by atoms with Crippen molar-refractivity contribution >= 4 is 39.1 Å². The molecule has 23 heavy (non-hydrogen) atoms. The number of anilines is 1. The number of nitrogens with one attached hydrogen (secondary N) is 1. The van der Waals surface area contributed by atoms with Crippen molar-refractivity contribution in [3.63, 3.8) is 0 Å². The molecule has 0 fully saturated rings. The Morgan fingerprint density at radius 3 is 2.43 bits per heavy atom. The summed E-state index contributed by atoms with van der Waals surface area (Å²) in [7, 11) is 0. The lowest BCUT2D eigenvalue weighted by molar-refractivity contribution is -0.122. The fourth-order valence-corrected chi connectivity index (χ4v) is 2.50. The van der Waals surface area contributed by atoms with Gasteiger partial charge in [0.05, 0.1) is 5.69 Å². The van der Waals surface area contributed by atoms with Crippen LogP contribution in [0.15, 0.2) is 34.8 Å². The minimum atomic E-state index is -0.780. The van der Waals surface area contributed by atoms with Crippen molar-refractivity contribution in [1.82, 2.24) is 0 Å². The van der Waals surface area contributed by atoms with E-state index in [9.17, 15) is 9.18 Å². The number of hydrogen-bond acceptors (Lipinski definition) is 2. The normalized spacial score (nSPS) is 11.9. The SMILES string of the molecule is Cc1cc(O[C@@H](C)C(=O)Nc2ccc(Br)cc2F)cc(C)c1Cl. The molecular formula is C17H16BrClFNO2. The molecule has 122 valence electrons. The Kier molecular flexibility index (Phi) is 5.65. The number of carbonyl (C=O) groups excluding carboxylic acids is 1. The van der Waals surface area contributed by atoms with Gasteiger partial charge in [0.25, 0.3) is 5.91 Å². The van der Waals surface area contributed by atoms with Gasteiger partial charge in [-0.3, -0.25) is 4.79 Å². The van der Waals surface area contributed by atoms with Crippen LogP contribution in [0.5, 0.6) is 5.75 Å². The first-order valence-corrected chi connectivity index (χ1v) is 8.14. The Hall–Kier alpha value is -1.59. The highest BCUT2D eigenvalue weighted by atomic mass is 79.9. The van der Waals surface area contributed by atoms with Gasteiger partial charge in [-0.1, -0.05) is 27.5 Å². The zero-order chi connectivity index (χ0) is 17.1. The average Bonchev–Trinajstić information content (AvgIpc) is 2.47. The quantitative estimate of drug-likeness (QED) is 0.760. The van der Waals surface area contributed by atoms with E-state index in [0.29, 0.717) is 15.2 Å². The summed E-state index contributed by atoms with van der Waals surface area (Å²) in [6.07, 6.45) is -0.780. The first-order valence-electron chi connectivity index (χ1n) is 6.97. The molecule has 0 unspecified atom stereocenters. The van der Waals surface area contributed by atoms with Crippen molar-refractivity contribution in [3.05, 3.63) is 56.8 Å². The molecule has 0 radical (unpaired) electrons. The Morgan fingerprint density at radius 2 is 1.87 bits per heavy atom. The summed E-state index contributed by atoms with van der Waals surface area (Å²) >= 11 is 9.27. The highest BCUT2D eigenvalue weighted by Crippen LogP contribution is 2.26. The monoisotopic (exact) mass is 399 g/mol. The van der Waals surface area contributed by atoms with Gasteiger partial charge in [-0.2, -0.15) is 0 Å². The van der Waals surface area contributed by atoms with Crippen molar-refractivity contribution in [2.45, 2.75) is 26.9 Å².